The van der Waals surface area contributed by atoms with Crippen LogP contribution < -0.4 is 5.73 Å². The average molecular weight is 308 g/mol. The normalized spacial score (nSPS) is 12.1. The largest absolute Gasteiger partial charge is 0.392 e. The van der Waals surface area contributed by atoms with Gasteiger partial charge in [-0.3, -0.25) is 0 Å². The smallest absolute Gasteiger partial charge is 0.243 e. The molecule has 4 nitrogen and oxygen atoms in total. The summed E-state index contributed by atoms with van der Waals surface area (Å²) < 4.78 is 51.6. The van der Waals surface area contributed by atoms with Crippen molar-refractivity contribution in [3.05, 3.63) is 29.8 Å². The Morgan fingerprint density at radius 1 is 1.37 bits per heavy atom. The Morgan fingerprint density at radius 3 is 2.37 bits per heavy atom. The quantitative estimate of drug-likeness (QED) is 0.840. The molecule has 0 spiro atoms. The van der Waals surface area contributed by atoms with Crippen LogP contribution in [0, 0.1) is 11.6 Å². The van der Waals surface area contributed by atoms with Crippen molar-refractivity contribution in [2.24, 2.45) is 5.73 Å². The molecule has 0 amide bonds. The Kier molecular flexibility index (Phi) is 4.94. The summed E-state index contributed by atoms with van der Waals surface area (Å²) in [5.41, 5.74) is 5.35. The van der Waals surface area contributed by atoms with E-state index in [2.05, 4.69) is 0 Å². The maximum Gasteiger partial charge on any atom is 0.243 e. The SMILES string of the molecule is CC(C)N(CC(N)=S)S(=O)(=O)c1ccc(F)c(F)c1. The van der Waals surface area contributed by atoms with Crippen LogP contribution >= 0.6 is 12.2 Å². The second-order valence-electron chi connectivity index (χ2n) is 4.19. The average Bonchev–Trinajstić information content (AvgIpc) is 2.28. The molecule has 0 radical (unpaired) electrons. The topological polar surface area (TPSA) is 63.4 Å². The van der Waals surface area contributed by atoms with Gasteiger partial charge in [0.05, 0.1) is 16.4 Å². The summed E-state index contributed by atoms with van der Waals surface area (Å²) in [6, 6.07) is 1.99. The molecule has 19 heavy (non-hydrogen) atoms. The maximum absolute atomic E-state index is 13.1. The van der Waals surface area contributed by atoms with Crippen LogP contribution in [0.4, 0.5) is 8.78 Å². The molecule has 0 atom stereocenters. The summed E-state index contributed by atoms with van der Waals surface area (Å²) in [6.07, 6.45) is 0. The molecule has 106 valence electrons. The van der Waals surface area contributed by atoms with E-state index in [0.717, 1.165) is 16.4 Å². The highest BCUT2D eigenvalue weighted by Crippen LogP contribution is 2.20. The summed E-state index contributed by atoms with van der Waals surface area (Å²) in [6.45, 7) is 3.11. The minimum Gasteiger partial charge on any atom is -0.392 e. The van der Waals surface area contributed by atoms with Crippen LogP contribution in [0.3, 0.4) is 0 Å². The molecular weight excluding hydrogens is 294 g/mol. The van der Waals surface area contributed by atoms with Crippen molar-refractivity contribution in [3.63, 3.8) is 0 Å². The third kappa shape index (κ3) is 3.68. The van der Waals surface area contributed by atoms with E-state index in [4.69, 9.17) is 18.0 Å². The lowest BCUT2D eigenvalue weighted by Gasteiger charge is -2.25. The minimum absolute atomic E-state index is 0.000131. The number of benzene rings is 1. The second kappa shape index (κ2) is 5.89. The first kappa shape index (κ1) is 15.9. The van der Waals surface area contributed by atoms with Gasteiger partial charge in [-0.2, -0.15) is 4.31 Å². The number of nitrogens with zero attached hydrogens (tertiary/aromatic N) is 1. The summed E-state index contributed by atoms with van der Waals surface area (Å²) in [4.78, 5) is -0.337. The zero-order valence-corrected chi connectivity index (χ0v) is 12.1. The summed E-state index contributed by atoms with van der Waals surface area (Å²) >= 11 is 4.69. The molecule has 0 bridgehead atoms. The van der Waals surface area contributed by atoms with Crippen molar-refractivity contribution >= 4 is 27.2 Å². The lowest BCUT2D eigenvalue weighted by atomic mass is 10.3. The standard InChI is InChI=1S/C11H14F2N2O2S2/c1-7(2)15(6-11(14)18)19(16,17)8-3-4-9(12)10(13)5-8/h3-5,7H,6H2,1-2H3,(H2,14,18). The van der Waals surface area contributed by atoms with Gasteiger partial charge in [-0.05, 0) is 32.0 Å². The van der Waals surface area contributed by atoms with E-state index >= 15 is 0 Å². The van der Waals surface area contributed by atoms with Gasteiger partial charge in [-0.15, -0.1) is 0 Å². The van der Waals surface area contributed by atoms with Gasteiger partial charge < -0.3 is 5.73 Å². The number of nitrogens with two attached hydrogens (primary N) is 1. The Balaban J connectivity index is 3.26. The molecule has 1 rings (SSSR count). The Bertz CT molecular complexity index is 588. The predicted molar refractivity (Wildman–Crippen MR) is 72.2 cm³/mol. The van der Waals surface area contributed by atoms with E-state index in [1.165, 1.54) is 0 Å². The fourth-order valence-corrected chi connectivity index (χ4v) is 3.32. The van der Waals surface area contributed by atoms with Gasteiger partial charge in [-0.25, -0.2) is 17.2 Å². The number of sulfonamides is 1. The van der Waals surface area contributed by atoms with E-state index in [9.17, 15) is 17.2 Å². The predicted octanol–water partition coefficient (Wildman–Crippen LogP) is 1.65. The number of rotatable bonds is 5. The van der Waals surface area contributed by atoms with Gasteiger partial charge in [0.2, 0.25) is 10.0 Å². The molecule has 0 heterocycles. The fourth-order valence-electron chi connectivity index (χ4n) is 1.47. The summed E-state index contributed by atoms with van der Waals surface area (Å²) in [7, 11) is -3.98. The molecule has 0 aliphatic rings. The molecule has 0 unspecified atom stereocenters. The van der Waals surface area contributed by atoms with Crippen LogP contribution in [-0.2, 0) is 10.0 Å². The van der Waals surface area contributed by atoms with Crippen LogP contribution in [0.15, 0.2) is 23.1 Å². The van der Waals surface area contributed by atoms with E-state index in [-0.39, 0.29) is 16.4 Å². The minimum atomic E-state index is -3.98. The highest BCUT2D eigenvalue weighted by Gasteiger charge is 2.28. The molecule has 2 N–H and O–H groups in total. The van der Waals surface area contributed by atoms with Crippen molar-refractivity contribution in [3.8, 4) is 0 Å². The number of hydrogen-bond acceptors (Lipinski definition) is 3. The first-order valence-electron chi connectivity index (χ1n) is 5.41. The number of halogens is 2. The molecule has 0 aromatic heterocycles. The molecule has 1 aromatic carbocycles. The highest BCUT2D eigenvalue weighted by molar-refractivity contribution is 7.89. The van der Waals surface area contributed by atoms with Crippen molar-refractivity contribution < 1.29 is 17.2 Å². The molecule has 0 saturated carbocycles. The van der Waals surface area contributed by atoms with Gasteiger partial charge in [0, 0.05) is 6.04 Å². The van der Waals surface area contributed by atoms with Crippen LogP contribution in [0.2, 0.25) is 0 Å². The first-order chi connectivity index (χ1) is 8.66. The van der Waals surface area contributed by atoms with Crippen molar-refractivity contribution in [2.45, 2.75) is 24.8 Å². The van der Waals surface area contributed by atoms with Gasteiger partial charge >= 0.3 is 0 Å². The summed E-state index contributed by atoms with van der Waals surface area (Å²) in [5, 5.41) is 0. The van der Waals surface area contributed by atoms with Crippen molar-refractivity contribution in [1.29, 1.82) is 0 Å². The Hall–Kier alpha value is -1.12. The lowest BCUT2D eigenvalue weighted by molar-refractivity contribution is 0.390. The van der Waals surface area contributed by atoms with E-state index < -0.39 is 27.7 Å². The third-order valence-corrected chi connectivity index (χ3v) is 4.53. The number of thiocarbonyl (C=S) groups is 1. The zero-order valence-electron chi connectivity index (χ0n) is 10.4. The van der Waals surface area contributed by atoms with E-state index in [1.807, 2.05) is 0 Å². The third-order valence-electron chi connectivity index (χ3n) is 2.39. The second-order valence-corrected chi connectivity index (χ2v) is 6.60. The molecule has 8 heteroatoms. The van der Waals surface area contributed by atoms with E-state index in [1.54, 1.807) is 13.8 Å². The first-order valence-corrected chi connectivity index (χ1v) is 7.26. The summed E-state index contributed by atoms with van der Waals surface area (Å²) in [5.74, 6) is -2.33. The monoisotopic (exact) mass is 308 g/mol. The van der Waals surface area contributed by atoms with Gasteiger partial charge in [0.1, 0.15) is 0 Å². The van der Waals surface area contributed by atoms with Gasteiger partial charge in [0.25, 0.3) is 0 Å². The zero-order chi connectivity index (χ0) is 14.8. The van der Waals surface area contributed by atoms with Crippen LogP contribution in [-0.4, -0.2) is 30.3 Å². The van der Waals surface area contributed by atoms with Crippen molar-refractivity contribution in [2.75, 3.05) is 6.54 Å². The molecule has 1 aromatic rings. The van der Waals surface area contributed by atoms with Crippen LogP contribution in [0.1, 0.15) is 13.8 Å². The molecule has 0 saturated heterocycles. The lowest BCUT2D eigenvalue weighted by Crippen LogP contribution is -2.42. The van der Waals surface area contributed by atoms with E-state index in [0.29, 0.717) is 6.07 Å². The number of hydrogen-bond donors (Lipinski definition) is 1. The highest BCUT2D eigenvalue weighted by atomic mass is 32.2. The van der Waals surface area contributed by atoms with Gasteiger partial charge in [-0.1, -0.05) is 12.2 Å². The van der Waals surface area contributed by atoms with Gasteiger partial charge in [0.15, 0.2) is 11.6 Å². The van der Waals surface area contributed by atoms with Crippen molar-refractivity contribution in [1.82, 2.24) is 4.31 Å². The van der Waals surface area contributed by atoms with Crippen LogP contribution in [0.5, 0.6) is 0 Å². The molecule has 0 fully saturated rings. The molecule has 0 aliphatic heterocycles. The Morgan fingerprint density at radius 2 is 1.95 bits per heavy atom. The Labute approximate surface area is 116 Å². The maximum atomic E-state index is 13.1. The molecular formula is C11H14F2N2O2S2. The molecule has 0 aliphatic carbocycles. The fraction of sp³-hybridized carbons (Fsp3) is 0.364. The van der Waals surface area contributed by atoms with Crippen LogP contribution in [0.25, 0.3) is 0 Å².